The molecule has 118 valence electrons. The van der Waals surface area contributed by atoms with E-state index in [1.165, 1.54) is 0 Å². The molecule has 2 nitrogen and oxygen atoms in total. The van der Waals surface area contributed by atoms with Gasteiger partial charge in [-0.1, -0.05) is 39.3 Å². The highest BCUT2D eigenvalue weighted by Gasteiger charge is 2.33. The summed E-state index contributed by atoms with van der Waals surface area (Å²) < 4.78 is 37.5. The Morgan fingerprint density at radius 1 is 1.29 bits per heavy atom. The Morgan fingerprint density at radius 2 is 1.86 bits per heavy atom. The van der Waals surface area contributed by atoms with E-state index in [-0.39, 0.29) is 29.1 Å². The Balaban J connectivity index is 2.85. The average molecular weight is 322 g/mol. The Labute approximate surface area is 127 Å². The summed E-state index contributed by atoms with van der Waals surface area (Å²) in [5, 5.41) is -0.391. The van der Waals surface area contributed by atoms with Gasteiger partial charge in [0.05, 0.1) is 5.56 Å². The van der Waals surface area contributed by atoms with Crippen LogP contribution in [0.25, 0.3) is 0 Å². The van der Waals surface area contributed by atoms with Crippen molar-refractivity contribution in [2.24, 2.45) is 11.3 Å². The summed E-state index contributed by atoms with van der Waals surface area (Å²) in [6, 6.07) is 1.89. The van der Waals surface area contributed by atoms with E-state index in [1.807, 2.05) is 6.92 Å². The molecule has 1 atom stereocenters. The first-order valence-electron chi connectivity index (χ1n) is 6.67. The zero-order valence-electron chi connectivity index (χ0n) is 12.5. The Kier molecular flexibility index (Phi) is 5.42. The number of rotatable bonds is 4. The quantitative estimate of drug-likeness (QED) is 0.549. The molecule has 0 spiro atoms. The number of Topliss-reactive ketones (excluding diaryl/α,β-unsaturated/α-hetero) is 1. The number of halogens is 4. The molecule has 0 saturated heterocycles. The van der Waals surface area contributed by atoms with Crippen molar-refractivity contribution in [1.82, 2.24) is 4.98 Å². The third-order valence-corrected chi connectivity index (χ3v) is 3.22. The third kappa shape index (κ3) is 5.65. The van der Waals surface area contributed by atoms with Gasteiger partial charge in [0.15, 0.2) is 5.78 Å². The lowest BCUT2D eigenvalue weighted by atomic mass is 9.83. The van der Waals surface area contributed by atoms with E-state index >= 15 is 0 Å². The predicted octanol–water partition coefficient (Wildman–Crippen LogP) is 5.40. The van der Waals surface area contributed by atoms with E-state index in [0.717, 1.165) is 18.6 Å². The Bertz CT molecular complexity index is 521. The fourth-order valence-corrected chi connectivity index (χ4v) is 2.60. The second-order valence-corrected chi connectivity index (χ2v) is 6.89. The number of carbonyl (C=O) groups excluding carboxylic acids is 1. The van der Waals surface area contributed by atoms with Crippen molar-refractivity contribution in [3.05, 3.63) is 28.5 Å². The molecule has 0 aromatic carbocycles. The normalized spacial score (nSPS) is 14.1. The van der Waals surface area contributed by atoms with Crippen LogP contribution in [0.2, 0.25) is 5.15 Å². The molecule has 1 heterocycles. The highest BCUT2D eigenvalue weighted by atomic mass is 35.5. The second kappa shape index (κ2) is 6.34. The van der Waals surface area contributed by atoms with Gasteiger partial charge in [0.1, 0.15) is 10.8 Å². The topological polar surface area (TPSA) is 30.0 Å². The minimum absolute atomic E-state index is 0.0467. The van der Waals surface area contributed by atoms with Gasteiger partial charge >= 0.3 is 6.18 Å². The molecule has 0 saturated carbocycles. The summed E-state index contributed by atoms with van der Waals surface area (Å²) in [7, 11) is 0. The van der Waals surface area contributed by atoms with Crippen LogP contribution in [-0.2, 0) is 6.18 Å². The monoisotopic (exact) mass is 321 g/mol. The lowest BCUT2D eigenvalue weighted by Crippen LogP contribution is -2.15. The van der Waals surface area contributed by atoms with Gasteiger partial charge in [-0.25, -0.2) is 4.98 Å². The molecule has 1 aromatic rings. The number of hydrogen-bond acceptors (Lipinski definition) is 2. The van der Waals surface area contributed by atoms with Crippen LogP contribution in [0.4, 0.5) is 13.2 Å². The van der Waals surface area contributed by atoms with Crippen molar-refractivity contribution >= 4 is 17.4 Å². The summed E-state index contributed by atoms with van der Waals surface area (Å²) >= 11 is 5.71. The standard InChI is InChI=1S/C15H19ClF3NO/c1-9(8-14(2,3)4)7-11(21)10-5-6-12(15(17,18)19)20-13(10)16/h5-6,9H,7-8H2,1-4H3. The third-order valence-electron chi connectivity index (χ3n) is 2.93. The lowest BCUT2D eigenvalue weighted by Gasteiger charge is -2.22. The van der Waals surface area contributed by atoms with E-state index in [1.54, 1.807) is 0 Å². The van der Waals surface area contributed by atoms with Crippen molar-refractivity contribution in [2.45, 2.75) is 46.7 Å². The number of aromatic nitrogens is 1. The van der Waals surface area contributed by atoms with Gasteiger partial charge in [0.2, 0.25) is 0 Å². The van der Waals surface area contributed by atoms with Gasteiger partial charge in [0, 0.05) is 6.42 Å². The molecule has 0 aliphatic heterocycles. The number of nitrogens with zero attached hydrogens (tertiary/aromatic N) is 1. The molecule has 0 amide bonds. The van der Waals surface area contributed by atoms with E-state index in [2.05, 4.69) is 25.8 Å². The molecule has 6 heteroatoms. The van der Waals surface area contributed by atoms with Crippen LogP contribution < -0.4 is 0 Å². The molecule has 1 aromatic heterocycles. The van der Waals surface area contributed by atoms with Crippen molar-refractivity contribution in [2.75, 3.05) is 0 Å². The lowest BCUT2D eigenvalue weighted by molar-refractivity contribution is -0.141. The molecule has 0 bridgehead atoms. The fraction of sp³-hybridized carbons (Fsp3) is 0.600. The van der Waals surface area contributed by atoms with Crippen LogP contribution in [0.15, 0.2) is 12.1 Å². The van der Waals surface area contributed by atoms with Gasteiger partial charge in [-0.3, -0.25) is 4.79 Å². The van der Waals surface area contributed by atoms with Crippen LogP contribution in [0.5, 0.6) is 0 Å². The maximum absolute atomic E-state index is 12.5. The number of carbonyl (C=O) groups is 1. The summed E-state index contributed by atoms with van der Waals surface area (Å²) in [4.78, 5) is 15.4. The van der Waals surface area contributed by atoms with Crippen molar-refractivity contribution < 1.29 is 18.0 Å². The van der Waals surface area contributed by atoms with Gasteiger partial charge < -0.3 is 0 Å². The number of hydrogen-bond donors (Lipinski definition) is 0. The van der Waals surface area contributed by atoms with Crippen LogP contribution >= 0.6 is 11.6 Å². The van der Waals surface area contributed by atoms with E-state index < -0.39 is 17.0 Å². The van der Waals surface area contributed by atoms with Gasteiger partial charge in [0.25, 0.3) is 0 Å². The first-order chi connectivity index (χ1) is 9.40. The second-order valence-electron chi connectivity index (χ2n) is 6.53. The molecule has 0 aliphatic carbocycles. The molecule has 0 N–H and O–H groups in total. The largest absolute Gasteiger partial charge is 0.433 e. The molecule has 1 rings (SSSR count). The van der Waals surface area contributed by atoms with E-state index in [0.29, 0.717) is 0 Å². The molecule has 21 heavy (non-hydrogen) atoms. The summed E-state index contributed by atoms with van der Waals surface area (Å²) in [5.74, 6) is -0.158. The number of alkyl halides is 3. The van der Waals surface area contributed by atoms with Crippen LogP contribution in [-0.4, -0.2) is 10.8 Å². The molecule has 0 radical (unpaired) electrons. The van der Waals surface area contributed by atoms with Crippen LogP contribution in [0, 0.1) is 11.3 Å². The Hall–Kier alpha value is -1.10. The smallest absolute Gasteiger partial charge is 0.294 e. The molecule has 0 fully saturated rings. The predicted molar refractivity (Wildman–Crippen MR) is 76.4 cm³/mol. The van der Waals surface area contributed by atoms with Gasteiger partial charge in [-0.05, 0) is 29.9 Å². The maximum Gasteiger partial charge on any atom is 0.433 e. The zero-order chi connectivity index (χ0) is 16.4. The first kappa shape index (κ1) is 18.0. The highest BCUT2D eigenvalue weighted by molar-refractivity contribution is 6.32. The SMILES string of the molecule is CC(CC(=O)c1ccc(C(F)(F)F)nc1Cl)CC(C)(C)C. The average Bonchev–Trinajstić information content (AvgIpc) is 2.24. The van der Waals surface area contributed by atoms with Gasteiger partial charge in [-0.2, -0.15) is 13.2 Å². The minimum Gasteiger partial charge on any atom is -0.294 e. The summed E-state index contributed by atoms with van der Waals surface area (Å²) in [5.41, 5.74) is -0.959. The van der Waals surface area contributed by atoms with Gasteiger partial charge in [-0.15, -0.1) is 0 Å². The van der Waals surface area contributed by atoms with Crippen molar-refractivity contribution in [3.63, 3.8) is 0 Å². The fourth-order valence-electron chi connectivity index (χ4n) is 2.34. The number of ketones is 1. The summed E-state index contributed by atoms with van der Waals surface area (Å²) in [6.07, 6.45) is -3.49. The van der Waals surface area contributed by atoms with E-state index in [4.69, 9.17) is 11.6 Å². The molecule has 1 unspecified atom stereocenters. The zero-order valence-corrected chi connectivity index (χ0v) is 13.3. The molecular formula is C15H19ClF3NO. The number of pyridine rings is 1. The summed E-state index contributed by atoms with van der Waals surface area (Å²) in [6.45, 7) is 8.15. The first-order valence-corrected chi connectivity index (χ1v) is 7.05. The Morgan fingerprint density at radius 3 is 2.29 bits per heavy atom. The molecule has 0 aliphatic rings. The molecular weight excluding hydrogens is 303 g/mol. The van der Waals surface area contributed by atoms with Crippen molar-refractivity contribution in [3.8, 4) is 0 Å². The van der Waals surface area contributed by atoms with Crippen molar-refractivity contribution in [1.29, 1.82) is 0 Å². The highest BCUT2D eigenvalue weighted by Crippen LogP contribution is 2.31. The van der Waals surface area contributed by atoms with E-state index in [9.17, 15) is 18.0 Å². The van der Waals surface area contributed by atoms with Crippen LogP contribution in [0.3, 0.4) is 0 Å². The van der Waals surface area contributed by atoms with Crippen LogP contribution in [0.1, 0.15) is 56.6 Å². The maximum atomic E-state index is 12.5. The minimum atomic E-state index is -4.56.